The summed E-state index contributed by atoms with van der Waals surface area (Å²) in [6, 6.07) is 0. The first-order valence-electron chi connectivity index (χ1n) is 8.21. The molecular formula is C16H20N2O6. The van der Waals surface area contributed by atoms with E-state index in [0.717, 1.165) is 5.06 Å². The van der Waals surface area contributed by atoms with Crippen LogP contribution in [0.2, 0.25) is 0 Å². The Kier molecular flexibility index (Phi) is 4.66. The zero-order valence-electron chi connectivity index (χ0n) is 13.2. The molecular weight excluding hydrogens is 316 g/mol. The van der Waals surface area contributed by atoms with Crippen LogP contribution in [-0.4, -0.2) is 51.5 Å². The van der Waals surface area contributed by atoms with Gasteiger partial charge in [-0.15, -0.1) is 5.06 Å². The highest BCUT2D eigenvalue weighted by Gasteiger charge is 2.36. The highest BCUT2D eigenvalue weighted by Crippen LogP contribution is 2.31. The minimum atomic E-state index is -1.06. The monoisotopic (exact) mass is 336 g/mol. The Labute approximate surface area is 139 Å². The van der Waals surface area contributed by atoms with E-state index in [1.54, 1.807) is 0 Å². The van der Waals surface area contributed by atoms with Crippen molar-refractivity contribution in [3.8, 4) is 0 Å². The number of hydroxylamine groups is 2. The van der Waals surface area contributed by atoms with E-state index in [-0.39, 0.29) is 42.4 Å². The average molecular weight is 336 g/mol. The van der Waals surface area contributed by atoms with Gasteiger partial charge in [0.15, 0.2) is 6.23 Å². The molecule has 0 radical (unpaired) electrons. The first-order valence-corrected chi connectivity index (χ1v) is 8.21. The Morgan fingerprint density at radius 3 is 2.25 bits per heavy atom. The summed E-state index contributed by atoms with van der Waals surface area (Å²) in [7, 11) is 0. The summed E-state index contributed by atoms with van der Waals surface area (Å²) in [4.78, 5) is 53.1. The SMILES string of the molecule is O=C(ON1C(=O)CCC1O)C1CCC(CN2C(=O)C=CC2=O)CC1. The van der Waals surface area contributed by atoms with E-state index in [1.165, 1.54) is 17.1 Å². The lowest BCUT2D eigenvalue weighted by Crippen LogP contribution is -2.39. The number of rotatable bonds is 4. The van der Waals surface area contributed by atoms with E-state index in [9.17, 15) is 24.3 Å². The van der Waals surface area contributed by atoms with Crippen LogP contribution in [0.4, 0.5) is 0 Å². The smallest absolute Gasteiger partial charge is 0.335 e. The van der Waals surface area contributed by atoms with Crippen molar-refractivity contribution in [2.45, 2.75) is 44.8 Å². The zero-order valence-corrected chi connectivity index (χ0v) is 13.2. The topological polar surface area (TPSA) is 104 Å². The highest BCUT2D eigenvalue weighted by atomic mass is 16.7. The molecule has 2 heterocycles. The lowest BCUT2D eigenvalue weighted by Gasteiger charge is -2.30. The molecule has 1 N–H and O–H groups in total. The summed E-state index contributed by atoms with van der Waals surface area (Å²) in [6.07, 6.45) is 4.47. The van der Waals surface area contributed by atoms with Crippen LogP contribution in [0.3, 0.4) is 0 Å². The Morgan fingerprint density at radius 2 is 1.71 bits per heavy atom. The van der Waals surface area contributed by atoms with E-state index >= 15 is 0 Å². The van der Waals surface area contributed by atoms with Gasteiger partial charge < -0.3 is 9.94 Å². The third kappa shape index (κ3) is 3.33. The lowest BCUT2D eigenvalue weighted by molar-refractivity contribution is -0.224. The van der Waals surface area contributed by atoms with Gasteiger partial charge in [-0.3, -0.25) is 19.3 Å². The number of nitrogens with zero attached hydrogens (tertiary/aromatic N) is 2. The quantitative estimate of drug-likeness (QED) is 0.731. The molecule has 1 saturated heterocycles. The summed E-state index contributed by atoms with van der Waals surface area (Å²) >= 11 is 0. The maximum absolute atomic E-state index is 12.1. The maximum atomic E-state index is 12.1. The fraction of sp³-hybridized carbons (Fsp3) is 0.625. The molecule has 2 fully saturated rings. The van der Waals surface area contributed by atoms with Crippen LogP contribution in [0.15, 0.2) is 12.2 Å². The second-order valence-corrected chi connectivity index (χ2v) is 6.49. The highest BCUT2D eigenvalue weighted by molar-refractivity contribution is 6.12. The van der Waals surface area contributed by atoms with Crippen molar-refractivity contribution in [3.05, 3.63) is 12.2 Å². The number of aliphatic hydroxyl groups is 1. The van der Waals surface area contributed by atoms with E-state index in [4.69, 9.17) is 4.84 Å². The number of imide groups is 1. The molecule has 0 bridgehead atoms. The van der Waals surface area contributed by atoms with Gasteiger partial charge in [-0.2, -0.15) is 0 Å². The Bertz CT molecular complexity index is 575. The molecule has 2 aliphatic heterocycles. The summed E-state index contributed by atoms with van der Waals surface area (Å²) in [5.41, 5.74) is 0. The van der Waals surface area contributed by atoms with Crippen molar-refractivity contribution in [2.75, 3.05) is 6.54 Å². The molecule has 24 heavy (non-hydrogen) atoms. The molecule has 1 aliphatic carbocycles. The summed E-state index contributed by atoms with van der Waals surface area (Å²) in [5.74, 6) is -1.63. The first-order chi connectivity index (χ1) is 11.5. The van der Waals surface area contributed by atoms with Gasteiger partial charge in [-0.25, -0.2) is 4.79 Å². The Morgan fingerprint density at radius 1 is 1.08 bits per heavy atom. The molecule has 0 spiro atoms. The van der Waals surface area contributed by atoms with Crippen LogP contribution in [0.5, 0.6) is 0 Å². The van der Waals surface area contributed by atoms with Crippen molar-refractivity contribution in [3.63, 3.8) is 0 Å². The van der Waals surface area contributed by atoms with Gasteiger partial charge in [-0.05, 0) is 31.6 Å². The minimum Gasteiger partial charge on any atom is -0.370 e. The van der Waals surface area contributed by atoms with Gasteiger partial charge >= 0.3 is 5.97 Å². The molecule has 130 valence electrons. The molecule has 1 saturated carbocycles. The molecule has 0 aromatic heterocycles. The van der Waals surface area contributed by atoms with E-state index < -0.39 is 12.2 Å². The van der Waals surface area contributed by atoms with Crippen LogP contribution in [-0.2, 0) is 24.0 Å². The predicted octanol–water partition coefficient (Wildman–Crippen LogP) is 0.117. The molecule has 1 atom stereocenters. The molecule has 8 heteroatoms. The minimum absolute atomic E-state index is 0.167. The van der Waals surface area contributed by atoms with Gasteiger partial charge in [-0.1, -0.05) is 0 Å². The molecule has 1 unspecified atom stereocenters. The van der Waals surface area contributed by atoms with Gasteiger partial charge in [0.2, 0.25) is 0 Å². The number of carbonyl (C=O) groups is 4. The van der Waals surface area contributed by atoms with Crippen molar-refractivity contribution in [1.29, 1.82) is 0 Å². The third-order valence-corrected chi connectivity index (χ3v) is 4.84. The van der Waals surface area contributed by atoms with Crippen LogP contribution in [0.25, 0.3) is 0 Å². The van der Waals surface area contributed by atoms with Gasteiger partial charge in [0.1, 0.15) is 0 Å². The molecule has 8 nitrogen and oxygen atoms in total. The van der Waals surface area contributed by atoms with Crippen LogP contribution in [0, 0.1) is 11.8 Å². The third-order valence-electron chi connectivity index (χ3n) is 4.84. The van der Waals surface area contributed by atoms with Crippen LogP contribution in [0.1, 0.15) is 38.5 Å². The Hall–Kier alpha value is -2.22. The van der Waals surface area contributed by atoms with Crippen LogP contribution < -0.4 is 0 Å². The van der Waals surface area contributed by atoms with Crippen molar-refractivity contribution >= 4 is 23.7 Å². The van der Waals surface area contributed by atoms with Gasteiger partial charge in [0, 0.05) is 31.5 Å². The van der Waals surface area contributed by atoms with Crippen molar-refractivity contribution in [2.24, 2.45) is 11.8 Å². The molecule has 3 amide bonds. The number of aliphatic hydroxyl groups excluding tert-OH is 1. The Balaban J connectivity index is 1.46. The molecule has 3 aliphatic rings. The lowest BCUT2D eigenvalue weighted by atomic mass is 9.82. The number of hydrogen-bond acceptors (Lipinski definition) is 6. The largest absolute Gasteiger partial charge is 0.370 e. The normalized spacial score (nSPS) is 30.4. The standard InChI is InChI=1S/C16H20N2O6/c19-12-5-6-13(20)17(12)9-10-1-3-11(4-2-10)16(23)24-18-14(21)7-8-15(18)22/h5-6,10-11,14,21H,1-4,7-9H2. The molecule has 3 rings (SSSR count). The first kappa shape index (κ1) is 16.6. The van der Waals surface area contributed by atoms with E-state index in [0.29, 0.717) is 32.2 Å². The zero-order chi connectivity index (χ0) is 17.3. The van der Waals surface area contributed by atoms with Crippen molar-refractivity contribution < 1.29 is 29.1 Å². The number of hydrogen-bond donors (Lipinski definition) is 1. The maximum Gasteiger partial charge on any atom is 0.335 e. The summed E-state index contributed by atoms with van der Waals surface area (Å²) in [6.45, 7) is 0.371. The predicted molar refractivity (Wildman–Crippen MR) is 79.5 cm³/mol. The number of carbonyl (C=O) groups excluding carboxylic acids is 4. The van der Waals surface area contributed by atoms with Gasteiger partial charge in [0.05, 0.1) is 5.92 Å². The van der Waals surface area contributed by atoms with E-state index in [2.05, 4.69) is 0 Å². The fourth-order valence-electron chi connectivity index (χ4n) is 3.38. The molecule has 0 aromatic rings. The fourth-order valence-corrected chi connectivity index (χ4v) is 3.38. The second kappa shape index (κ2) is 6.72. The van der Waals surface area contributed by atoms with Crippen molar-refractivity contribution in [1.82, 2.24) is 9.96 Å². The molecule has 0 aromatic carbocycles. The van der Waals surface area contributed by atoms with Crippen LogP contribution >= 0.6 is 0 Å². The second-order valence-electron chi connectivity index (χ2n) is 6.49. The van der Waals surface area contributed by atoms with Gasteiger partial charge in [0.25, 0.3) is 17.7 Å². The number of amides is 3. The van der Waals surface area contributed by atoms with E-state index in [1.807, 2.05) is 0 Å². The summed E-state index contributed by atoms with van der Waals surface area (Å²) < 4.78 is 0. The summed E-state index contributed by atoms with van der Waals surface area (Å²) in [5, 5.41) is 10.4. The average Bonchev–Trinajstić information content (AvgIpc) is 3.05.